The van der Waals surface area contributed by atoms with Crippen LogP contribution in [0.3, 0.4) is 0 Å². The van der Waals surface area contributed by atoms with Gasteiger partial charge >= 0.3 is 0 Å². The molecule has 1 heterocycles. The number of rotatable bonds is 7. The molecule has 0 radical (unpaired) electrons. The van der Waals surface area contributed by atoms with Crippen LogP contribution >= 0.6 is 0 Å². The number of benzene rings is 1. The lowest BCUT2D eigenvalue weighted by molar-refractivity contribution is 0.129. The zero-order chi connectivity index (χ0) is 14.5. The molecule has 1 aromatic carbocycles. The number of anilines is 1. The van der Waals surface area contributed by atoms with Crippen molar-refractivity contribution in [2.45, 2.75) is 39.7 Å². The molecular weight excluding hydrogens is 248 g/mol. The van der Waals surface area contributed by atoms with Gasteiger partial charge in [0.1, 0.15) is 0 Å². The van der Waals surface area contributed by atoms with Gasteiger partial charge in [0, 0.05) is 31.4 Å². The lowest BCUT2D eigenvalue weighted by Crippen LogP contribution is -2.25. The van der Waals surface area contributed by atoms with E-state index >= 15 is 0 Å². The molecule has 0 aromatic heterocycles. The molecule has 1 aliphatic heterocycles. The van der Waals surface area contributed by atoms with E-state index < -0.39 is 0 Å². The van der Waals surface area contributed by atoms with Gasteiger partial charge < -0.3 is 15.4 Å². The second kappa shape index (κ2) is 7.09. The smallest absolute Gasteiger partial charge is 0.0641 e. The molecule has 2 rings (SSSR count). The van der Waals surface area contributed by atoms with E-state index in [1.807, 2.05) is 6.92 Å². The number of fused-ring (bicyclic) bond motifs is 1. The van der Waals surface area contributed by atoms with Crippen molar-refractivity contribution in [1.82, 2.24) is 0 Å². The zero-order valence-corrected chi connectivity index (χ0v) is 13.1. The molecule has 0 spiro atoms. The quantitative estimate of drug-likeness (QED) is 0.778. The van der Waals surface area contributed by atoms with Gasteiger partial charge in [0.15, 0.2) is 0 Å². The van der Waals surface area contributed by atoms with Crippen molar-refractivity contribution in [1.29, 1.82) is 0 Å². The summed E-state index contributed by atoms with van der Waals surface area (Å²) in [5, 5.41) is 0. The molecule has 0 fully saturated rings. The molecule has 0 saturated carbocycles. The predicted molar refractivity (Wildman–Crippen MR) is 85.2 cm³/mol. The van der Waals surface area contributed by atoms with Crippen LogP contribution in [0.25, 0.3) is 0 Å². The summed E-state index contributed by atoms with van der Waals surface area (Å²) in [5.74, 6) is 0.721. The average Bonchev–Trinajstić information content (AvgIpc) is 2.80. The topological polar surface area (TPSA) is 38.5 Å². The first-order valence-corrected chi connectivity index (χ1v) is 7.79. The fourth-order valence-corrected chi connectivity index (χ4v) is 2.60. The standard InChI is InChI=1S/C17H28N2O/c1-13(2)7-10-20-11-9-19-8-6-16-12-15(14(3)18)4-5-17(16)19/h4-5,12-14H,6-11,18H2,1-3H3. The van der Waals surface area contributed by atoms with Crippen LogP contribution in [0.2, 0.25) is 0 Å². The van der Waals surface area contributed by atoms with Crippen LogP contribution in [0.5, 0.6) is 0 Å². The normalized spacial score (nSPS) is 15.8. The van der Waals surface area contributed by atoms with Gasteiger partial charge in [-0.1, -0.05) is 26.0 Å². The molecule has 3 heteroatoms. The highest BCUT2D eigenvalue weighted by atomic mass is 16.5. The Morgan fingerprint density at radius 2 is 2.05 bits per heavy atom. The SMILES string of the molecule is CC(C)CCOCCN1CCc2cc(C(C)N)ccc21. The molecule has 1 aliphatic rings. The van der Waals surface area contributed by atoms with Crippen molar-refractivity contribution >= 4 is 5.69 Å². The van der Waals surface area contributed by atoms with Crippen LogP contribution < -0.4 is 10.6 Å². The van der Waals surface area contributed by atoms with Crippen molar-refractivity contribution in [2.24, 2.45) is 11.7 Å². The van der Waals surface area contributed by atoms with E-state index in [2.05, 4.69) is 36.9 Å². The zero-order valence-electron chi connectivity index (χ0n) is 13.1. The molecule has 20 heavy (non-hydrogen) atoms. The van der Waals surface area contributed by atoms with Gasteiger partial charge in [-0.15, -0.1) is 0 Å². The van der Waals surface area contributed by atoms with E-state index in [0.717, 1.165) is 45.1 Å². The number of hydrogen-bond donors (Lipinski definition) is 1. The predicted octanol–water partition coefficient (Wildman–Crippen LogP) is 3.13. The highest BCUT2D eigenvalue weighted by molar-refractivity contribution is 5.59. The van der Waals surface area contributed by atoms with Crippen LogP contribution in [0, 0.1) is 5.92 Å². The summed E-state index contributed by atoms with van der Waals surface area (Å²) in [6.45, 7) is 10.3. The van der Waals surface area contributed by atoms with Gasteiger partial charge in [0.25, 0.3) is 0 Å². The minimum absolute atomic E-state index is 0.119. The average molecular weight is 276 g/mol. The first kappa shape index (κ1) is 15.3. The molecule has 1 aromatic rings. The molecule has 112 valence electrons. The number of ether oxygens (including phenoxy) is 1. The molecule has 0 bridgehead atoms. The second-order valence-corrected chi connectivity index (χ2v) is 6.21. The maximum Gasteiger partial charge on any atom is 0.0641 e. The molecule has 2 N–H and O–H groups in total. The van der Waals surface area contributed by atoms with E-state index in [9.17, 15) is 0 Å². The maximum absolute atomic E-state index is 5.95. The minimum Gasteiger partial charge on any atom is -0.380 e. The van der Waals surface area contributed by atoms with Crippen molar-refractivity contribution in [3.63, 3.8) is 0 Å². The van der Waals surface area contributed by atoms with Crippen LogP contribution in [-0.4, -0.2) is 26.3 Å². The third-order valence-corrected chi connectivity index (χ3v) is 3.97. The van der Waals surface area contributed by atoms with Gasteiger partial charge in [-0.05, 0) is 42.9 Å². The number of nitrogens with zero attached hydrogens (tertiary/aromatic N) is 1. The van der Waals surface area contributed by atoms with Crippen LogP contribution in [-0.2, 0) is 11.2 Å². The van der Waals surface area contributed by atoms with Gasteiger partial charge in [0.05, 0.1) is 6.61 Å². The van der Waals surface area contributed by atoms with E-state index in [-0.39, 0.29) is 6.04 Å². The third kappa shape index (κ3) is 3.97. The Morgan fingerprint density at radius 3 is 2.75 bits per heavy atom. The van der Waals surface area contributed by atoms with Crippen LogP contribution in [0.1, 0.15) is 44.4 Å². The summed E-state index contributed by atoms with van der Waals surface area (Å²) in [5.41, 5.74) is 9.98. The second-order valence-electron chi connectivity index (χ2n) is 6.21. The van der Waals surface area contributed by atoms with Gasteiger partial charge in [0.2, 0.25) is 0 Å². The summed E-state index contributed by atoms with van der Waals surface area (Å²) >= 11 is 0. The Kier molecular flexibility index (Phi) is 5.44. The summed E-state index contributed by atoms with van der Waals surface area (Å²) in [4.78, 5) is 2.43. The lowest BCUT2D eigenvalue weighted by Gasteiger charge is -2.20. The molecule has 1 atom stereocenters. The molecule has 1 unspecified atom stereocenters. The largest absolute Gasteiger partial charge is 0.380 e. The van der Waals surface area contributed by atoms with Crippen molar-refractivity contribution in [3.8, 4) is 0 Å². The summed E-state index contributed by atoms with van der Waals surface area (Å²) in [6, 6.07) is 6.75. The molecule has 0 saturated heterocycles. The molecule has 0 aliphatic carbocycles. The highest BCUT2D eigenvalue weighted by Gasteiger charge is 2.19. The van der Waals surface area contributed by atoms with E-state index in [4.69, 9.17) is 10.5 Å². The summed E-state index contributed by atoms with van der Waals surface area (Å²) in [7, 11) is 0. The summed E-state index contributed by atoms with van der Waals surface area (Å²) in [6.07, 6.45) is 2.27. The number of nitrogens with two attached hydrogens (primary N) is 1. The lowest BCUT2D eigenvalue weighted by atomic mass is 10.0. The highest BCUT2D eigenvalue weighted by Crippen LogP contribution is 2.29. The molecular formula is C17H28N2O. The van der Waals surface area contributed by atoms with Gasteiger partial charge in [-0.2, -0.15) is 0 Å². The van der Waals surface area contributed by atoms with E-state index in [0.29, 0.717) is 0 Å². The Morgan fingerprint density at radius 1 is 1.25 bits per heavy atom. The van der Waals surface area contributed by atoms with Gasteiger partial charge in [-0.25, -0.2) is 0 Å². The van der Waals surface area contributed by atoms with Gasteiger partial charge in [-0.3, -0.25) is 0 Å². The monoisotopic (exact) mass is 276 g/mol. The van der Waals surface area contributed by atoms with E-state index in [1.54, 1.807) is 0 Å². The minimum atomic E-state index is 0.119. The summed E-state index contributed by atoms with van der Waals surface area (Å²) < 4.78 is 5.72. The Balaban J connectivity index is 1.83. The fraction of sp³-hybridized carbons (Fsp3) is 0.647. The maximum atomic E-state index is 5.95. The first-order chi connectivity index (χ1) is 9.58. The number of hydrogen-bond acceptors (Lipinski definition) is 3. The molecule has 0 amide bonds. The van der Waals surface area contributed by atoms with Crippen LogP contribution in [0.4, 0.5) is 5.69 Å². The Bertz CT molecular complexity index is 429. The Labute approximate surface area is 123 Å². The first-order valence-electron chi connectivity index (χ1n) is 7.79. The molecule has 3 nitrogen and oxygen atoms in total. The van der Waals surface area contributed by atoms with Crippen LogP contribution in [0.15, 0.2) is 18.2 Å². The Hall–Kier alpha value is -1.06. The van der Waals surface area contributed by atoms with Crippen molar-refractivity contribution in [3.05, 3.63) is 29.3 Å². The fourth-order valence-electron chi connectivity index (χ4n) is 2.60. The van der Waals surface area contributed by atoms with E-state index in [1.165, 1.54) is 16.8 Å². The van der Waals surface area contributed by atoms with Crippen molar-refractivity contribution < 1.29 is 4.74 Å². The third-order valence-electron chi connectivity index (χ3n) is 3.97. The van der Waals surface area contributed by atoms with Crippen molar-refractivity contribution in [2.75, 3.05) is 31.2 Å².